The first-order chi connectivity index (χ1) is 14.1. The van der Waals surface area contributed by atoms with Crippen LogP contribution in [-0.2, 0) is 20.8 Å². The molecule has 0 radical (unpaired) electrons. The maximum Gasteiger partial charge on any atom is 0.286 e. The summed E-state index contributed by atoms with van der Waals surface area (Å²) in [6.45, 7) is 2.72. The Kier molecular flexibility index (Phi) is 7.80. The lowest BCUT2D eigenvalue weighted by molar-refractivity contribution is -0.166. The second-order valence-corrected chi connectivity index (χ2v) is 7.67. The zero-order valence-corrected chi connectivity index (χ0v) is 17.2. The average Bonchev–Trinajstić information content (AvgIpc) is 3.26. The maximum atomic E-state index is 13.0. The normalized spacial score (nSPS) is 21.3. The summed E-state index contributed by atoms with van der Waals surface area (Å²) >= 11 is 1.60. The minimum atomic E-state index is -0.562. The molecule has 0 bridgehead atoms. The Balaban J connectivity index is 1.78. The Morgan fingerprint density at radius 3 is 2.76 bits per heavy atom. The van der Waals surface area contributed by atoms with Gasteiger partial charge in [-0.15, -0.1) is 0 Å². The summed E-state index contributed by atoms with van der Waals surface area (Å²) in [4.78, 5) is 12.8. The maximum absolute atomic E-state index is 13.0. The molecule has 1 aliphatic rings. The number of carbonyl (C=O) groups is 1. The number of aliphatic hydroxyl groups is 1. The lowest BCUT2D eigenvalue weighted by Crippen LogP contribution is -2.38. The third-order valence-electron chi connectivity index (χ3n) is 4.93. The Bertz CT molecular complexity index is 807. The minimum absolute atomic E-state index is 0.00495. The molecule has 2 N–H and O–H groups in total. The van der Waals surface area contributed by atoms with Crippen LogP contribution < -0.4 is 5.32 Å². The van der Waals surface area contributed by atoms with Gasteiger partial charge < -0.3 is 19.9 Å². The van der Waals surface area contributed by atoms with E-state index in [0.29, 0.717) is 13.0 Å². The monoisotopic (exact) mass is 419 g/mol. The summed E-state index contributed by atoms with van der Waals surface area (Å²) < 4.78 is 24.8. The summed E-state index contributed by atoms with van der Waals surface area (Å²) in [5.74, 6) is -0.456. The third-order valence-corrected chi connectivity index (χ3v) is 5.63. The van der Waals surface area contributed by atoms with Crippen molar-refractivity contribution in [2.24, 2.45) is 5.92 Å². The lowest BCUT2D eigenvalue weighted by Gasteiger charge is -2.36. The van der Waals surface area contributed by atoms with Gasteiger partial charge >= 0.3 is 0 Å². The number of nitrogens with one attached hydrogen (secondary N) is 1. The summed E-state index contributed by atoms with van der Waals surface area (Å²) in [5, 5.41) is 16.2. The fourth-order valence-electron chi connectivity index (χ4n) is 3.48. The highest BCUT2D eigenvalue weighted by Gasteiger charge is 2.37. The summed E-state index contributed by atoms with van der Waals surface area (Å²) in [6, 6.07) is 8.03. The molecule has 0 unspecified atom stereocenters. The number of rotatable bonds is 9. The molecule has 2 aromatic rings. The number of aliphatic hydroxyl groups excluding tert-OH is 1. The molecular weight excluding hydrogens is 393 g/mol. The fraction of sp³-hybridized carbons (Fsp3) is 0.409. The molecule has 3 rings (SSSR count). The molecule has 2 heterocycles. The van der Waals surface area contributed by atoms with Gasteiger partial charge in [-0.1, -0.05) is 12.1 Å². The van der Waals surface area contributed by atoms with Gasteiger partial charge in [-0.05, 0) is 65.9 Å². The van der Waals surface area contributed by atoms with E-state index in [0.717, 1.165) is 17.5 Å². The van der Waals surface area contributed by atoms with E-state index in [4.69, 9.17) is 9.47 Å². The van der Waals surface area contributed by atoms with Gasteiger partial charge in [0.2, 0.25) is 6.29 Å². The van der Waals surface area contributed by atoms with Crippen LogP contribution in [0.2, 0.25) is 0 Å². The predicted octanol–water partition coefficient (Wildman–Crippen LogP) is 3.95. The van der Waals surface area contributed by atoms with Gasteiger partial charge in [0, 0.05) is 31.6 Å². The number of thiophene rings is 1. The van der Waals surface area contributed by atoms with E-state index in [1.165, 1.54) is 12.1 Å². The average molecular weight is 420 g/mol. The van der Waals surface area contributed by atoms with Gasteiger partial charge in [0.1, 0.15) is 5.82 Å². The molecule has 0 saturated heterocycles. The molecule has 1 amide bonds. The number of amides is 1. The molecule has 1 aliphatic heterocycles. The molecule has 7 heteroatoms. The number of hydrogen-bond donors (Lipinski definition) is 2. The van der Waals surface area contributed by atoms with Crippen molar-refractivity contribution >= 4 is 17.2 Å². The van der Waals surface area contributed by atoms with E-state index < -0.39 is 6.29 Å². The van der Waals surface area contributed by atoms with E-state index in [-0.39, 0.29) is 42.5 Å². The van der Waals surface area contributed by atoms with Crippen LogP contribution in [0, 0.1) is 11.7 Å². The first kappa shape index (κ1) is 21.5. The molecule has 0 aliphatic carbocycles. The van der Waals surface area contributed by atoms with Crippen LogP contribution in [0.4, 0.5) is 4.39 Å². The number of ether oxygens (including phenoxy) is 2. The van der Waals surface area contributed by atoms with Crippen molar-refractivity contribution in [2.75, 3.05) is 13.2 Å². The van der Waals surface area contributed by atoms with Gasteiger partial charge in [-0.2, -0.15) is 11.3 Å². The molecule has 29 heavy (non-hydrogen) atoms. The molecule has 5 nitrogen and oxygen atoms in total. The van der Waals surface area contributed by atoms with Crippen LogP contribution in [0.3, 0.4) is 0 Å². The molecule has 1 aromatic carbocycles. The predicted molar refractivity (Wildman–Crippen MR) is 110 cm³/mol. The zero-order chi connectivity index (χ0) is 20.6. The van der Waals surface area contributed by atoms with Crippen molar-refractivity contribution in [2.45, 2.75) is 38.5 Å². The quantitative estimate of drug-likeness (QED) is 0.646. The summed E-state index contributed by atoms with van der Waals surface area (Å²) in [7, 11) is 0. The van der Waals surface area contributed by atoms with Crippen LogP contribution >= 0.6 is 11.3 Å². The van der Waals surface area contributed by atoms with Crippen molar-refractivity contribution < 1.29 is 23.8 Å². The van der Waals surface area contributed by atoms with Crippen LogP contribution in [0.5, 0.6) is 0 Å². The molecule has 3 atom stereocenters. The second-order valence-electron chi connectivity index (χ2n) is 6.89. The Morgan fingerprint density at radius 1 is 1.31 bits per heavy atom. The Morgan fingerprint density at radius 2 is 2.10 bits per heavy atom. The summed E-state index contributed by atoms with van der Waals surface area (Å²) in [6.07, 6.45) is 2.65. The highest BCUT2D eigenvalue weighted by Crippen LogP contribution is 2.40. The van der Waals surface area contributed by atoms with Crippen LogP contribution in [0.15, 0.2) is 52.9 Å². The molecule has 0 fully saturated rings. The van der Waals surface area contributed by atoms with Crippen molar-refractivity contribution in [3.8, 4) is 0 Å². The smallest absolute Gasteiger partial charge is 0.286 e. The highest BCUT2D eigenvalue weighted by atomic mass is 32.1. The number of allylic oxidation sites excluding steroid dienone is 1. The van der Waals surface area contributed by atoms with E-state index in [1.54, 1.807) is 23.5 Å². The highest BCUT2D eigenvalue weighted by molar-refractivity contribution is 7.08. The number of halogens is 1. The Hall–Kier alpha value is -2.22. The molecule has 0 saturated carbocycles. The number of benzene rings is 1. The van der Waals surface area contributed by atoms with Gasteiger partial charge in [0.15, 0.2) is 5.76 Å². The van der Waals surface area contributed by atoms with Crippen LogP contribution in [-0.4, -0.2) is 30.5 Å². The first-order valence-electron chi connectivity index (χ1n) is 9.78. The second kappa shape index (κ2) is 10.5. The molecule has 156 valence electrons. The van der Waals surface area contributed by atoms with E-state index in [1.807, 2.05) is 24.4 Å². The van der Waals surface area contributed by atoms with E-state index in [2.05, 4.69) is 10.7 Å². The van der Waals surface area contributed by atoms with E-state index >= 15 is 0 Å². The SMILES string of the molecule is CCO[C@@H]1OC(C(=O)NCc2ccc(F)cc2)=C[C@H](c2ccsc2)[C@@H]1CCCO. The van der Waals surface area contributed by atoms with Crippen molar-refractivity contribution in [3.05, 3.63) is 69.9 Å². The van der Waals surface area contributed by atoms with Gasteiger partial charge in [-0.3, -0.25) is 4.79 Å². The summed E-state index contributed by atoms with van der Waals surface area (Å²) in [5.41, 5.74) is 1.91. The van der Waals surface area contributed by atoms with Crippen molar-refractivity contribution in [1.82, 2.24) is 5.32 Å². The number of carbonyl (C=O) groups excluding carboxylic acids is 1. The largest absolute Gasteiger partial charge is 0.459 e. The molecule has 0 spiro atoms. The lowest BCUT2D eigenvalue weighted by atomic mass is 9.81. The van der Waals surface area contributed by atoms with Crippen molar-refractivity contribution in [1.29, 1.82) is 0 Å². The number of hydrogen-bond acceptors (Lipinski definition) is 5. The van der Waals surface area contributed by atoms with E-state index in [9.17, 15) is 14.3 Å². The van der Waals surface area contributed by atoms with Crippen LogP contribution in [0.1, 0.15) is 36.8 Å². The fourth-order valence-corrected chi connectivity index (χ4v) is 4.19. The zero-order valence-electron chi connectivity index (χ0n) is 16.3. The third kappa shape index (κ3) is 5.65. The topological polar surface area (TPSA) is 67.8 Å². The molecule has 1 aromatic heterocycles. The van der Waals surface area contributed by atoms with Gasteiger partial charge in [-0.25, -0.2) is 4.39 Å². The van der Waals surface area contributed by atoms with Gasteiger partial charge in [0.05, 0.1) is 0 Å². The van der Waals surface area contributed by atoms with Crippen LogP contribution in [0.25, 0.3) is 0 Å². The first-order valence-corrected chi connectivity index (χ1v) is 10.7. The van der Waals surface area contributed by atoms with Crippen molar-refractivity contribution in [3.63, 3.8) is 0 Å². The minimum Gasteiger partial charge on any atom is -0.459 e. The molecular formula is C22H26FNO4S. The Labute approximate surface area is 174 Å². The van der Waals surface area contributed by atoms with Gasteiger partial charge in [0.25, 0.3) is 5.91 Å². The standard InChI is InChI=1S/C22H26FNO4S/c1-2-27-22-18(4-3-10-25)19(16-9-11-29-14-16)12-20(28-22)21(26)24-13-15-5-7-17(23)8-6-15/h5-9,11-12,14,18-19,22,25H,2-4,10,13H2,1H3,(H,24,26)/t18-,19+,22+/m0/s1.